The minimum atomic E-state index is 0.0677. The number of aryl methyl sites for hydroxylation is 1. The third-order valence-corrected chi connectivity index (χ3v) is 6.01. The molecule has 0 spiro atoms. The molecule has 0 aliphatic rings. The van der Waals surface area contributed by atoms with Gasteiger partial charge in [0.15, 0.2) is 5.16 Å². The maximum absolute atomic E-state index is 12.0. The van der Waals surface area contributed by atoms with E-state index in [4.69, 9.17) is 23.2 Å². The number of hydrogen-bond donors (Lipinski definition) is 1. The minimum Gasteiger partial charge on any atom is -0.356 e. The number of benzene rings is 2. The summed E-state index contributed by atoms with van der Waals surface area (Å²) < 4.78 is 2.02. The molecule has 0 aliphatic heterocycles. The maximum atomic E-state index is 12.0. The fourth-order valence-electron chi connectivity index (χ4n) is 3.02. The van der Waals surface area contributed by atoms with Gasteiger partial charge in [0.1, 0.15) is 5.82 Å². The first-order valence-corrected chi connectivity index (χ1v) is 12.0. The average Bonchev–Trinajstić information content (AvgIpc) is 3.13. The first kappa shape index (κ1) is 23.6. The number of amides is 1. The van der Waals surface area contributed by atoms with E-state index in [9.17, 15) is 4.79 Å². The molecule has 0 atom stereocenters. The van der Waals surface area contributed by atoms with Crippen molar-refractivity contribution in [2.45, 2.75) is 44.0 Å². The number of nitrogens with one attached hydrogen (secondary N) is 1. The molecule has 1 amide bonds. The summed E-state index contributed by atoms with van der Waals surface area (Å²) in [6.07, 6.45) is 1.80. The lowest BCUT2D eigenvalue weighted by Crippen LogP contribution is -2.27. The Morgan fingerprint density at radius 3 is 2.55 bits per heavy atom. The van der Waals surface area contributed by atoms with Gasteiger partial charge in [-0.3, -0.25) is 9.36 Å². The molecule has 164 valence electrons. The Kier molecular flexibility index (Phi) is 8.81. The number of rotatable bonds is 10. The van der Waals surface area contributed by atoms with Gasteiger partial charge >= 0.3 is 0 Å². The van der Waals surface area contributed by atoms with Gasteiger partial charge in [-0.2, -0.15) is 0 Å². The topological polar surface area (TPSA) is 59.8 Å². The predicted octanol–water partition coefficient (Wildman–Crippen LogP) is 5.96. The van der Waals surface area contributed by atoms with Crippen molar-refractivity contribution in [1.82, 2.24) is 20.1 Å². The lowest BCUT2D eigenvalue weighted by atomic mass is 10.2. The number of nitrogens with zero attached hydrogens (tertiary/aromatic N) is 3. The first-order valence-electron chi connectivity index (χ1n) is 10.3. The molecule has 2 aromatic carbocycles. The van der Waals surface area contributed by atoms with E-state index in [2.05, 4.69) is 29.4 Å². The molecule has 31 heavy (non-hydrogen) atoms. The van der Waals surface area contributed by atoms with Gasteiger partial charge in [0.25, 0.3) is 0 Å². The predicted molar refractivity (Wildman–Crippen MR) is 128 cm³/mol. The van der Waals surface area contributed by atoms with Crippen molar-refractivity contribution in [3.8, 4) is 5.69 Å². The second-order valence-electron chi connectivity index (χ2n) is 7.68. The molecule has 0 aliphatic carbocycles. The van der Waals surface area contributed by atoms with Gasteiger partial charge in [-0.15, -0.1) is 10.2 Å². The van der Waals surface area contributed by atoms with Crippen LogP contribution in [-0.2, 0) is 17.0 Å². The molecule has 0 unspecified atom stereocenters. The number of thioether (sulfide) groups is 1. The lowest BCUT2D eigenvalue weighted by molar-refractivity contribution is -0.121. The van der Waals surface area contributed by atoms with E-state index in [0.717, 1.165) is 28.0 Å². The maximum Gasteiger partial charge on any atom is 0.220 e. The van der Waals surface area contributed by atoms with E-state index in [-0.39, 0.29) is 5.91 Å². The molecular formula is C23H26Cl2N4OS. The Labute approximate surface area is 197 Å². The standard InChI is InChI=1S/C23H26Cl2N4OS/c1-16(2)14-26-22(30)11-5-10-21-27-28-23(29(21)20-9-4-8-19(25)13-20)31-15-17-6-3-7-18(24)12-17/h3-4,6-9,12-13,16H,5,10-11,14-15H2,1-2H3,(H,26,30). The fourth-order valence-corrected chi connectivity index (χ4v) is 4.33. The number of carbonyl (C=O) groups excluding carboxylic acids is 1. The van der Waals surface area contributed by atoms with Gasteiger partial charge in [-0.1, -0.05) is 67.0 Å². The molecule has 0 saturated carbocycles. The van der Waals surface area contributed by atoms with E-state index in [1.165, 1.54) is 0 Å². The van der Waals surface area contributed by atoms with E-state index >= 15 is 0 Å². The van der Waals surface area contributed by atoms with Crippen LogP contribution in [0.15, 0.2) is 53.7 Å². The van der Waals surface area contributed by atoms with Crippen molar-refractivity contribution in [2.75, 3.05) is 6.54 Å². The summed E-state index contributed by atoms with van der Waals surface area (Å²) in [6, 6.07) is 15.4. The van der Waals surface area contributed by atoms with Crippen LogP contribution in [0.5, 0.6) is 0 Å². The minimum absolute atomic E-state index is 0.0677. The summed E-state index contributed by atoms with van der Waals surface area (Å²) >= 11 is 13.9. The summed E-state index contributed by atoms with van der Waals surface area (Å²) in [5.74, 6) is 2.04. The van der Waals surface area contributed by atoms with Crippen LogP contribution in [0.25, 0.3) is 5.69 Å². The second-order valence-corrected chi connectivity index (χ2v) is 9.50. The Morgan fingerprint density at radius 2 is 1.84 bits per heavy atom. The quantitative estimate of drug-likeness (QED) is 0.366. The zero-order valence-electron chi connectivity index (χ0n) is 17.6. The van der Waals surface area contributed by atoms with Crippen LogP contribution in [-0.4, -0.2) is 27.2 Å². The van der Waals surface area contributed by atoms with Crippen LogP contribution in [0, 0.1) is 5.92 Å². The van der Waals surface area contributed by atoms with E-state index in [1.54, 1.807) is 11.8 Å². The number of halogens is 2. The summed E-state index contributed by atoms with van der Waals surface area (Å²) in [6.45, 7) is 4.86. The molecule has 0 fully saturated rings. The summed E-state index contributed by atoms with van der Waals surface area (Å²) in [5, 5.41) is 13.9. The molecule has 1 heterocycles. The van der Waals surface area contributed by atoms with Gasteiger partial charge in [0.05, 0.1) is 5.69 Å². The highest BCUT2D eigenvalue weighted by molar-refractivity contribution is 7.98. The highest BCUT2D eigenvalue weighted by Gasteiger charge is 2.15. The molecule has 5 nitrogen and oxygen atoms in total. The molecule has 1 N–H and O–H groups in total. The highest BCUT2D eigenvalue weighted by atomic mass is 35.5. The van der Waals surface area contributed by atoms with Gasteiger partial charge in [-0.25, -0.2) is 0 Å². The average molecular weight is 477 g/mol. The van der Waals surface area contributed by atoms with Gasteiger partial charge in [0, 0.05) is 35.2 Å². The third-order valence-electron chi connectivity index (χ3n) is 4.54. The van der Waals surface area contributed by atoms with Crippen LogP contribution in [0.1, 0.15) is 38.1 Å². The molecule has 0 saturated heterocycles. The van der Waals surface area contributed by atoms with Crippen LogP contribution < -0.4 is 5.32 Å². The zero-order valence-corrected chi connectivity index (χ0v) is 20.0. The Bertz CT molecular complexity index is 1020. The van der Waals surface area contributed by atoms with Crippen molar-refractivity contribution in [1.29, 1.82) is 0 Å². The number of aromatic nitrogens is 3. The van der Waals surface area contributed by atoms with Crippen molar-refractivity contribution < 1.29 is 4.79 Å². The molecule has 3 aromatic rings. The largest absolute Gasteiger partial charge is 0.356 e. The van der Waals surface area contributed by atoms with E-state index in [1.807, 2.05) is 53.1 Å². The third kappa shape index (κ3) is 7.27. The molecular weight excluding hydrogens is 451 g/mol. The van der Waals surface area contributed by atoms with E-state index < -0.39 is 0 Å². The summed E-state index contributed by atoms with van der Waals surface area (Å²) in [4.78, 5) is 12.0. The first-order chi connectivity index (χ1) is 14.9. The van der Waals surface area contributed by atoms with Gasteiger partial charge in [-0.05, 0) is 48.2 Å². The number of carbonyl (C=O) groups is 1. The summed E-state index contributed by atoms with van der Waals surface area (Å²) in [7, 11) is 0. The molecule has 1 aromatic heterocycles. The Hall–Kier alpha value is -2.02. The van der Waals surface area contributed by atoms with Crippen LogP contribution >= 0.6 is 35.0 Å². The van der Waals surface area contributed by atoms with Crippen molar-refractivity contribution >= 4 is 40.9 Å². The second kappa shape index (κ2) is 11.6. The van der Waals surface area contributed by atoms with Gasteiger partial charge in [0.2, 0.25) is 5.91 Å². The van der Waals surface area contributed by atoms with Crippen molar-refractivity contribution in [2.24, 2.45) is 5.92 Å². The molecule has 8 heteroatoms. The monoisotopic (exact) mass is 476 g/mol. The van der Waals surface area contributed by atoms with Crippen molar-refractivity contribution in [3.05, 3.63) is 70.0 Å². The van der Waals surface area contributed by atoms with E-state index in [0.29, 0.717) is 41.8 Å². The SMILES string of the molecule is CC(C)CNC(=O)CCCc1nnc(SCc2cccc(Cl)c2)n1-c1cccc(Cl)c1. The zero-order chi connectivity index (χ0) is 22.2. The van der Waals surface area contributed by atoms with Crippen LogP contribution in [0.2, 0.25) is 10.0 Å². The smallest absolute Gasteiger partial charge is 0.220 e. The van der Waals surface area contributed by atoms with Crippen molar-refractivity contribution in [3.63, 3.8) is 0 Å². The van der Waals surface area contributed by atoms with Gasteiger partial charge < -0.3 is 5.32 Å². The number of hydrogen-bond acceptors (Lipinski definition) is 4. The van der Waals surface area contributed by atoms with Crippen LogP contribution in [0.3, 0.4) is 0 Å². The Balaban J connectivity index is 1.73. The summed E-state index contributed by atoms with van der Waals surface area (Å²) in [5.41, 5.74) is 2.02. The normalized spacial score (nSPS) is 11.1. The Morgan fingerprint density at radius 1 is 1.10 bits per heavy atom. The molecule has 3 rings (SSSR count). The lowest BCUT2D eigenvalue weighted by Gasteiger charge is -2.11. The molecule has 0 bridgehead atoms. The fraction of sp³-hybridized carbons (Fsp3) is 0.348. The van der Waals surface area contributed by atoms with Crippen LogP contribution in [0.4, 0.5) is 0 Å². The molecule has 0 radical (unpaired) electrons. The highest BCUT2D eigenvalue weighted by Crippen LogP contribution is 2.27.